The zero-order chi connectivity index (χ0) is 26.5. The van der Waals surface area contributed by atoms with Gasteiger partial charge in [-0.2, -0.15) is 5.10 Å². The predicted octanol–water partition coefficient (Wildman–Crippen LogP) is 7.48. The second-order valence-electron chi connectivity index (χ2n) is 8.51. The highest BCUT2D eigenvalue weighted by molar-refractivity contribution is 7.39. The van der Waals surface area contributed by atoms with E-state index < -0.39 is 23.6 Å². The molecule has 1 saturated carbocycles. The zero-order valence-corrected chi connectivity index (χ0v) is 23.3. The van der Waals surface area contributed by atoms with Gasteiger partial charge < -0.3 is 9.84 Å². The van der Waals surface area contributed by atoms with Gasteiger partial charge in [-0.1, -0.05) is 58.9 Å². The average Bonchev–Trinajstić information content (AvgIpc) is 3.39. The number of anilines is 1. The first kappa shape index (κ1) is 25.9. The van der Waals surface area contributed by atoms with Crippen LogP contribution in [0.3, 0.4) is 0 Å². The summed E-state index contributed by atoms with van der Waals surface area (Å²) in [7, 11) is 1.67. The van der Waals surface area contributed by atoms with E-state index in [1.54, 1.807) is 32.2 Å². The normalized spacial score (nSPS) is 14.6. The number of carbonyl (C=O) groups excluding carboxylic acids is 1. The number of aryl methyl sites for hydroxylation is 1. The molecular weight excluding hydrogens is 577 g/mol. The van der Waals surface area contributed by atoms with Gasteiger partial charge in [0.25, 0.3) is 0 Å². The number of aromatic nitrogens is 2. The maximum Gasteiger partial charge on any atom is 0.413 e. The van der Waals surface area contributed by atoms with Crippen molar-refractivity contribution in [1.29, 1.82) is 0 Å². The summed E-state index contributed by atoms with van der Waals surface area (Å²) < 4.78 is 7.79. The van der Waals surface area contributed by atoms with Crippen LogP contribution in [-0.4, -0.2) is 26.9 Å². The Morgan fingerprint density at radius 1 is 1.19 bits per heavy atom. The van der Waals surface area contributed by atoms with Crippen LogP contribution in [0.2, 0.25) is 15.1 Å². The minimum absolute atomic E-state index is 0.357. The molecule has 1 aliphatic carbocycles. The number of rotatable bonds is 5. The first-order valence-corrected chi connectivity index (χ1v) is 13.8. The smallest absolute Gasteiger partial charge is 0.413 e. The number of hydrogen-bond acceptors (Lipinski definition) is 6. The van der Waals surface area contributed by atoms with Crippen molar-refractivity contribution < 1.29 is 19.4 Å². The molecule has 0 aliphatic heterocycles. The van der Waals surface area contributed by atoms with Gasteiger partial charge in [0.1, 0.15) is 17.3 Å². The number of benzene rings is 1. The fourth-order valence-corrected chi connectivity index (χ4v) is 7.93. The molecule has 190 valence electrons. The Balaban J connectivity index is 1.37. The molecule has 0 bridgehead atoms. The lowest BCUT2D eigenvalue weighted by molar-refractivity contribution is -0.139. The maximum atomic E-state index is 12.6. The van der Waals surface area contributed by atoms with Gasteiger partial charge in [0.2, 0.25) is 0 Å². The fraction of sp³-hybridized carbons (Fsp3) is 0.240. The molecule has 37 heavy (non-hydrogen) atoms. The lowest BCUT2D eigenvalue weighted by atomic mass is 10.1. The van der Waals surface area contributed by atoms with E-state index in [9.17, 15) is 14.7 Å². The van der Waals surface area contributed by atoms with E-state index in [-0.39, 0.29) is 0 Å². The standard InChI is InChI=1S/C25H18Cl3N3O4S2/c1-12(14-5-3-4-6-15(14)26)35-24(34)30-21-13(11-29-31(21)2)7-8-16-18(27)17-19(28)20(37-22(17)36-16)25(9-10-25)23(32)33/h3-6,11-12H,9-10H2,1-2H3,(H,30,34)(H,32,33). The van der Waals surface area contributed by atoms with Crippen molar-refractivity contribution >= 4 is 84.8 Å². The van der Waals surface area contributed by atoms with E-state index in [4.69, 9.17) is 39.5 Å². The molecule has 0 saturated heterocycles. The number of fused-ring (bicyclic) bond motifs is 1. The van der Waals surface area contributed by atoms with Crippen LogP contribution in [0.1, 0.15) is 46.8 Å². The maximum absolute atomic E-state index is 12.6. The van der Waals surface area contributed by atoms with Crippen LogP contribution in [0.25, 0.3) is 9.40 Å². The molecule has 12 heteroatoms. The third-order valence-electron chi connectivity index (χ3n) is 6.12. The summed E-state index contributed by atoms with van der Waals surface area (Å²) in [5.74, 6) is 5.53. The second kappa shape index (κ2) is 9.86. The number of nitrogens with zero attached hydrogens (tertiary/aromatic N) is 2. The summed E-state index contributed by atoms with van der Waals surface area (Å²) in [4.78, 5) is 25.6. The second-order valence-corrected chi connectivity index (χ2v) is 12.0. The average molecular weight is 595 g/mol. The third-order valence-corrected chi connectivity index (χ3v) is 10.0. The number of ether oxygens (including phenoxy) is 1. The SMILES string of the molecule is CC(OC(=O)Nc1c(C#Cc2sc3sc(C4(C(=O)O)CC4)c(Cl)c3c2Cl)cnn1C)c1ccccc1Cl. The van der Waals surface area contributed by atoms with Gasteiger partial charge in [-0.15, -0.1) is 22.7 Å². The van der Waals surface area contributed by atoms with Gasteiger partial charge >= 0.3 is 12.1 Å². The Hall–Kier alpha value is -2.74. The highest BCUT2D eigenvalue weighted by Crippen LogP contribution is 2.57. The van der Waals surface area contributed by atoms with E-state index in [2.05, 4.69) is 22.3 Å². The number of halogens is 3. The molecule has 1 unspecified atom stereocenters. The van der Waals surface area contributed by atoms with E-state index >= 15 is 0 Å². The molecule has 1 fully saturated rings. The van der Waals surface area contributed by atoms with Crippen molar-refractivity contribution in [2.75, 3.05) is 5.32 Å². The summed E-state index contributed by atoms with van der Waals surface area (Å²) in [5.41, 5.74) is 0.255. The number of nitrogens with one attached hydrogen (secondary N) is 1. The molecule has 1 amide bonds. The summed E-state index contributed by atoms with van der Waals surface area (Å²) in [6.07, 6.45) is 1.41. The molecule has 1 atom stereocenters. The molecule has 0 spiro atoms. The predicted molar refractivity (Wildman–Crippen MR) is 147 cm³/mol. The molecule has 0 radical (unpaired) electrons. The van der Waals surface area contributed by atoms with Crippen LogP contribution in [0, 0.1) is 11.8 Å². The topological polar surface area (TPSA) is 93.4 Å². The Kier molecular flexibility index (Phi) is 6.90. The highest BCUT2D eigenvalue weighted by atomic mass is 35.5. The van der Waals surface area contributed by atoms with Crippen molar-refractivity contribution in [3.8, 4) is 11.8 Å². The number of carboxylic acid groups (broad SMARTS) is 1. The molecular formula is C25H18Cl3N3O4S2. The van der Waals surface area contributed by atoms with Crippen LogP contribution in [0.15, 0.2) is 30.5 Å². The van der Waals surface area contributed by atoms with E-state index in [0.29, 0.717) is 60.0 Å². The van der Waals surface area contributed by atoms with Gasteiger partial charge in [0, 0.05) is 27.9 Å². The molecule has 3 aromatic heterocycles. The van der Waals surface area contributed by atoms with Crippen LogP contribution in [0.5, 0.6) is 0 Å². The first-order valence-electron chi connectivity index (χ1n) is 11.0. The lowest BCUT2D eigenvalue weighted by Crippen LogP contribution is -2.18. The summed E-state index contributed by atoms with van der Waals surface area (Å²) in [6.45, 7) is 1.73. The van der Waals surface area contributed by atoms with Crippen molar-refractivity contribution in [2.24, 2.45) is 7.05 Å². The lowest BCUT2D eigenvalue weighted by Gasteiger charge is -2.15. The van der Waals surface area contributed by atoms with Crippen molar-refractivity contribution in [3.05, 3.63) is 66.4 Å². The Bertz CT molecular complexity index is 1620. The number of carbonyl (C=O) groups is 2. The fourth-order valence-electron chi connectivity index (χ4n) is 3.91. The molecule has 2 N–H and O–H groups in total. The van der Waals surface area contributed by atoms with E-state index in [0.717, 1.165) is 4.01 Å². The molecule has 3 heterocycles. The van der Waals surface area contributed by atoms with Crippen LogP contribution < -0.4 is 5.32 Å². The third kappa shape index (κ3) is 4.69. The summed E-state index contributed by atoms with van der Waals surface area (Å²) in [5, 5.41) is 18.4. The zero-order valence-electron chi connectivity index (χ0n) is 19.4. The van der Waals surface area contributed by atoms with Crippen molar-refractivity contribution in [2.45, 2.75) is 31.3 Å². The number of aliphatic carboxylic acids is 1. The van der Waals surface area contributed by atoms with Gasteiger partial charge in [-0.3, -0.25) is 14.8 Å². The van der Waals surface area contributed by atoms with Gasteiger partial charge in [-0.25, -0.2) is 4.79 Å². The largest absolute Gasteiger partial charge is 0.481 e. The molecule has 4 aromatic rings. The van der Waals surface area contributed by atoms with Crippen LogP contribution in [0.4, 0.5) is 10.6 Å². The van der Waals surface area contributed by atoms with Crippen molar-refractivity contribution in [3.63, 3.8) is 0 Å². The Morgan fingerprint density at radius 2 is 1.92 bits per heavy atom. The quantitative estimate of drug-likeness (QED) is 0.234. The van der Waals surface area contributed by atoms with E-state index in [1.165, 1.54) is 33.6 Å². The minimum Gasteiger partial charge on any atom is -0.481 e. The number of thiophene rings is 2. The van der Waals surface area contributed by atoms with Crippen LogP contribution in [-0.2, 0) is 22.0 Å². The number of carboxylic acids is 1. The van der Waals surface area contributed by atoms with Gasteiger partial charge in [0.15, 0.2) is 0 Å². The first-order chi connectivity index (χ1) is 17.6. The van der Waals surface area contributed by atoms with E-state index in [1.807, 2.05) is 6.07 Å². The minimum atomic E-state index is -0.899. The Labute approximate surface area is 234 Å². The summed E-state index contributed by atoms with van der Waals surface area (Å²) in [6, 6.07) is 7.14. The van der Waals surface area contributed by atoms with Gasteiger partial charge in [-0.05, 0) is 31.8 Å². The molecule has 1 aromatic carbocycles. The molecule has 1 aliphatic rings. The summed E-state index contributed by atoms with van der Waals surface area (Å²) >= 11 is 22.1. The number of hydrogen-bond donors (Lipinski definition) is 2. The highest BCUT2D eigenvalue weighted by Gasteiger charge is 2.54. The molecule has 5 rings (SSSR count). The van der Waals surface area contributed by atoms with Crippen LogP contribution >= 0.6 is 57.5 Å². The number of amides is 1. The monoisotopic (exact) mass is 593 g/mol. The van der Waals surface area contributed by atoms with Crippen molar-refractivity contribution in [1.82, 2.24) is 9.78 Å². The van der Waals surface area contributed by atoms with Gasteiger partial charge in [0.05, 0.1) is 30.7 Å². The Morgan fingerprint density at radius 3 is 2.57 bits per heavy atom. The molecule has 7 nitrogen and oxygen atoms in total.